The standard InChI is InChI=1S/C12H10F3N5S/c13-12(14,15)7-3-1-2-6(4-7)11(17)8-9(18-5-19-11)21-10(16)20-8/h1-5,10H,16-17H2. The van der Waals surface area contributed by atoms with Gasteiger partial charge < -0.3 is 5.73 Å². The first-order valence-electron chi connectivity index (χ1n) is 5.90. The highest BCUT2D eigenvalue weighted by molar-refractivity contribution is 8.16. The Hall–Kier alpha value is -1.71. The van der Waals surface area contributed by atoms with Crippen LogP contribution >= 0.6 is 11.8 Å². The molecule has 0 radical (unpaired) electrons. The third kappa shape index (κ3) is 2.37. The molecule has 0 fully saturated rings. The van der Waals surface area contributed by atoms with Crippen molar-refractivity contribution in [1.82, 2.24) is 0 Å². The maximum Gasteiger partial charge on any atom is 0.416 e. The van der Waals surface area contributed by atoms with Crippen LogP contribution in [-0.2, 0) is 11.8 Å². The predicted molar refractivity (Wildman–Crippen MR) is 76.2 cm³/mol. The molecule has 0 saturated carbocycles. The first-order chi connectivity index (χ1) is 9.80. The molecule has 0 aliphatic carbocycles. The maximum atomic E-state index is 12.8. The number of hydrogen-bond acceptors (Lipinski definition) is 6. The van der Waals surface area contributed by atoms with Gasteiger partial charge in [-0.15, -0.1) is 0 Å². The van der Waals surface area contributed by atoms with Crippen molar-refractivity contribution in [3.05, 3.63) is 35.4 Å². The molecule has 5 nitrogen and oxygen atoms in total. The molecule has 0 saturated heterocycles. The Morgan fingerprint density at radius 2 is 2.05 bits per heavy atom. The fourth-order valence-electron chi connectivity index (χ4n) is 2.11. The minimum atomic E-state index is -4.45. The largest absolute Gasteiger partial charge is 0.416 e. The van der Waals surface area contributed by atoms with Gasteiger partial charge in [0.15, 0.2) is 11.2 Å². The molecule has 0 spiro atoms. The number of hydrogen-bond donors (Lipinski definition) is 2. The maximum absolute atomic E-state index is 12.8. The van der Waals surface area contributed by atoms with Gasteiger partial charge in [-0.25, -0.2) is 9.98 Å². The van der Waals surface area contributed by atoms with Crippen LogP contribution in [0.1, 0.15) is 11.1 Å². The molecule has 3 rings (SSSR count). The molecule has 0 amide bonds. The summed E-state index contributed by atoms with van der Waals surface area (Å²) in [5.74, 6) is 0. The zero-order valence-electron chi connectivity index (χ0n) is 10.5. The molecule has 4 N–H and O–H groups in total. The van der Waals surface area contributed by atoms with E-state index in [4.69, 9.17) is 11.5 Å². The summed E-state index contributed by atoms with van der Waals surface area (Å²) in [5, 5.41) is 0.484. The molecule has 2 unspecified atom stereocenters. The number of fused-ring (bicyclic) bond motifs is 1. The lowest BCUT2D eigenvalue weighted by molar-refractivity contribution is -0.137. The lowest BCUT2D eigenvalue weighted by atomic mass is 9.93. The Morgan fingerprint density at radius 3 is 2.76 bits per heavy atom. The highest BCUT2D eigenvalue weighted by Gasteiger charge is 2.43. The van der Waals surface area contributed by atoms with E-state index < -0.39 is 22.9 Å². The van der Waals surface area contributed by atoms with Crippen LogP contribution in [0.3, 0.4) is 0 Å². The van der Waals surface area contributed by atoms with E-state index in [1.54, 1.807) is 0 Å². The zero-order chi connectivity index (χ0) is 15.3. The van der Waals surface area contributed by atoms with Crippen molar-refractivity contribution in [1.29, 1.82) is 0 Å². The summed E-state index contributed by atoms with van der Waals surface area (Å²) in [6.45, 7) is 0. The second kappa shape index (κ2) is 4.65. The molecule has 21 heavy (non-hydrogen) atoms. The van der Waals surface area contributed by atoms with Gasteiger partial charge >= 0.3 is 6.18 Å². The number of thioether (sulfide) groups is 1. The summed E-state index contributed by atoms with van der Waals surface area (Å²) >= 11 is 1.19. The number of nitrogens with two attached hydrogens (primary N) is 2. The predicted octanol–water partition coefficient (Wildman–Crippen LogP) is 1.69. The van der Waals surface area contributed by atoms with E-state index in [2.05, 4.69) is 15.0 Å². The Bertz CT molecular complexity index is 682. The Labute approximate surface area is 122 Å². The van der Waals surface area contributed by atoms with E-state index in [-0.39, 0.29) is 5.56 Å². The Balaban J connectivity index is 2.10. The number of halogens is 3. The van der Waals surface area contributed by atoms with Gasteiger partial charge in [-0.3, -0.25) is 10.7 Å². The molecule has 2 atom stereocenters. The highest BCUT2D eigenvalue weighted by Crippen LogP contribution is 2.36. The van der Waals surface area contributed by atoms with Crippen LogP contribution < -0.4 is 11.5 Å². The van der Waals surface area contributed by atoms with Crippen LogP contribution in [0.5, 0.6) is 0 Å². The minimum absolute atomic E-state index is 0.189. The van der Waals surface area contributed by atoms with Gasteiger partial charge in [0.1, 0.15) is 17.1 Å². The molecule has 2 aliphatic rings. The highest BCUT2D eigenvalue weighted by atomic mass is 32.2. The first kappa shape index (κ1) is 14.2. The average molecular weight is 313 g/mol. The molecule has 1 aromatic carbocycles. The average Bonchev–Trinajstić information content (AvgIpc) is 2.80. The van der Waals surface area contributed by atoms with Crippen LogP contribution in [0.25, 0.3) is 0 Å². The quantitative estimate of drug-likeness (QED) is 0.827. The van der Waals surface area contributed by atoms with Gasteiger partial charge in [-0.2, -0.15) is 13.2 Å². The number of alkyl halides is 3. The molecule has 2 aliphatic heterocycles. The lowest BCUT2D eigenvalue weighted by Gasteiger charge is -2.28. The molecular formula is C12H10F3N5S. The second-order valence-corrected chi connectivity index (χ2v) is 5.62. The summed E-state index contributed by atoms with van der Waals surface area (Å²) in [6.07, 6.45) is -3.23. The van der Waals surface area contributed by atoms with Crippen LogP contribution in [0.4, 0.5) is 13.2 Å². The van der Waals surface area contributed by atoms with Crippen molar-refractivity contribution in [3.8, 4) is 0 Å². The molecule has 0 bridgehead atoms. The van der Waals surface area contributed by atoms with Gasteiger partial charge in [-0.1, -0.05) is 23.9 Å². The Kier molecular flexibility index (Phi) is 3.15. The van der Waals surface area contributed by atoms with Crippen LogP contribution in [0.2, 0.25) is 0 Å². The number of aliphatic imine (C=N–C) groups is 3. The van der Waals surface area contributed by atoms with E-state index in [1.165, 1.54) is 30.2 Å². The van der Waals surface area contributed by atoms with E-state index in [1.807, 2.05) is 0 Å². The Morgan fingerprint density at radius 1 is 1.29 bits per heavy atom. The molecule has 9 heteroatoms. The van der Waals surface area contributed by atoms with Gasteiger partial charge in [0.05, 0.1) is 5.56 Å². The third-order valence-electron chi connectivity index (χ3n) is 3.12. The fourth-order valence-corrected chi connectivity index (χ4v) is 2.92. The monoisotopic (exact) mass is 313 g/mol. The molecule has 110 valence electrons. The lowest BCUT2D eigenvalue weighted by Crippen LogP contribution is -2.47. The van der Waals surface area contributed by atoms with E-state index in [9.17, 15) is 13.2 Å². The van der Waals surface area contributed by atoms with E-state index in [0.29, 0.717) is 10.8 Å². The molecule has 2 heterocycles. The summed E-state index contributed by atoms with van der Waals surface area (Å²) in [6, 6.07) is 4.71. The van der Waals surface area contributed by atoms with Gasteiger partial charge in [-0.05, 0) is 12.1 Å². The zero-order valence-corrected chi connectivity index (χ0v) is 11.3. The molecular weight excluding hydrogens is 303 g/mol. The van der Waals surface area contributed by atoms with Crippen molar-refractivity contribution < 1.29 is 13.2 Å². The number of nitrogens with zero attached hydrogens (tertiary/aromatic N) is 3. The first-order valence-corrected chi connectivity index (χ1v) is 6.78. The van der Waals surface area contributed by atoms with Crippen molar-refractivity contribution >= 4 is 28.9 Å². The number of benzene rings is 1. The van der Waals surface area contributed by atoms with E-state index >= 15 is 0 Å². The summed E-state index contributed by atoms with van der Waals surface area (Å²) in [7, 11) is 0. The van der Waals surface area contributed by atoms with Crippen molar-refractivity contribution in [3.63, 3.8) is 0 Å². The van der Waals surface area contributed by atoms with Crippen molar-refractivity contribution in [2.24, 2.45) is 26.4 Å². The second-order valence-electron chi connectivity index (χ2n) is 4.51. The minimum Gasteiger partial charge on any atom is -0.301 e. The SMILES string of the molecule is NC1N=C2C(=NC=NC2(N)c2cccc(C(F)(F)F)c2)S1. The normalized spacial score (nSPS) is 28.1. The van der Waals surface area contributed by atoms with E-state index in [0.717, 1.165) is 12.1 Å². The topological polar surface area (TPSA) is 89.1 Å². The number of rotatable bonds is 1. The smallest absolute Gasteiger partial charge is 0.301 e. The van der Waals surface area contributed by atoms with Crippen LogP contribution in [0, 0.1) is 0 Å². The summed E-state index contributed by atoms with van der Waals surface area (Å²) < 4.78 is 38.5. The van der Waals surface area contributed by atoms with Crippen LogP contribution in [0.15, 0.2) is 39.2 Å². The fraction of sp³-hybridized carbons (Fsp3) is 0.250. The van der Waals surface area contributed by atoms with Gasteiger partial charge in [0, 0.05) is 5.56 Å². The van der Waals surface area contributed by atoms with Gasteiger partial charge in [0.2, 0.25) is 0 Å². The third-order valence-corrected chi connectivity index (χ3v) is 3.99. The van der Waals surface area contributed by atoms with Crippen molar-refractivity contribution in [2.45, 2.75) is 17.3 Å². The molecule has 1 aromatic rings. The van der Waals surface area contributed by atoms with Crippen molar-refractivity contribution in [2.75, 3.05) is 0 Å². The molecule has 0 aromatic heterocycles. The van der Waals surface area contributed by atoms with Crippen LogP contribution in [-0.4, -0.2) is 22.6 Å². The summed E-state index contributed by atoms with van der Waals surface area (Å²) in [4.78, 5) is 12.2. The van der Waals surface area contributed by atoms with Gasteiger partial charge in [0.25, 0.3) is 0 Å². The summed E-state index contributed by atoms with van der Waals surface area (Å²) in [5.41, 5.74) is 9.51.